The highest BCUT2D eigenvalue weighted by Crippen LogP contribution is 2.32. The van der Waals surface area contributed by atoms with Crippen LogP contribution in [0, 0.1) is 0 Å². The van der Waals surface area contributed by atoms with Crippen molar-refractivity contribution in [3.8, 4) is 0 Å². The van der Waals surface area contributed by atoms with Crippen molar-refractivity contribution in [1.29, 1.82) is 0 Å². The van der Waals surface area contributed by atoms with Gasteiger partial charge in [-0.05, 0) is 39.6 Å². The van der Waals surface area contributed by atoms with Crippen molar-refractivity contribution >= 4 is 21.5 Å². The van der Waals surface area contributed by atoms with Gasteiger partial charge in [0.1, 0.15) is 0 Å². The first-order valence-corrected chi connectivity index (χ1v) is 7.47. The Labute approximate surface area is 120 Å². The van der Waals surface area contributed by atoms with Crippen LogP contribution in [-0.2, 0) is 0 Å². The lowest BCUT2D eigenvalue weighted by molar-refractivity contribution is 0.607. The Kier molecular flexibility index (Phi) is 3.70. The number of hydrogen-bond acceptors (Lipinski definition) is 1. The molecule has 3 aromatic carbocycles. The molecule has 1 heteroatoms. The van der Waals surface area contributed by atoms with Gasteiger partial charge in [-0.15, -0.1) is 0 Å². The average molecular weight is 263 g/mol. The topological polar surface area (TPSA) is 26.0 Å². The molecule has 0 saturated heterocycles. The molecule has 0 amide bonds. The van der Waals surface area contributed by atoms with Crippen LogP contribution in [0.5, 0.6) is 0 Å². The number of nitrogens with two attached hydrogens (primary N) is 1. The molecule has 0 bridgehead atoms. The van der Waals surface area contributed by atoms with Crippen molar-refractivity contribution in [3.63, 3.8) is 0 Å². The zero-order valence-electron chi connectivity index (χ0n) is 12.0. The van der Waals surface area contributed by atoms with Crippen LogP contribution < -0.4 is 5.73 Å². The third-order valence-corrected chi connectivity index (χ3v) is 4.07. The van der Waals surface area contributed by atoms with Crippen LogP contribution in [0.25, 0.3) is 21.5 Å². The van der Waals surface area contributed by atoms with Crippen LogP contribution >= 0.6 is 0 Å². The highest BCUT2D eigenvalue weighted by atomic mass is 14.6. The van der Waals surface area contributed by atoms with Crippen molar-refractivity contribution in [1.82, 2.24) is 0 Å². The Morgan fingerprint density at radius 3 is 2.30 bits per heavy atom. The summed E-state index contributed by atoms with van der Waals surface area (Å²) in [5.74, 6) is 0. The molecular formula is C19H21N. The molecule has 3 aromatic rings. The summed E-state index contributed by atoms with van der Waals surface area (Å²) in [7, 11) is 0. The van der Waals surface area contributed by atoms with Gasteiger partial charge in [0, 0.05) is 6.04 Å². The molecule has 0 aliphatic rings. The Morgan fingerprint density at radius 2 is 1.55 bits per heavy atom. The first kappa shape index (κ1) is 13.1. The van der Waals surface area contributed by atoms with Crippen molar-refractivity contribution in [2.45, 2.75) is 32.2 Å². The van der Waals surface area contributed by atoms with Gasteiger partial charge >= 0.3 is 0 Å². The fourth-order valence-corrected chi connectivity index (χ4v) is 2.97. The van der Waals surface area contributed by atoms with Crippen LogP contribution in [0.2, 0.25) is 0 Å². The van der Waals surface area contributed by atoms with Crippen molar-refractivity contribution in [2.24, 2.45) is 5.73 Å². The van der Waals surface area contributed by atoms with Crippen LogP contribution in [0.3, 0.4) is 0 Å². The Hall–Kier alpha value is -1.86. The minimum atomic E-state index is 0.129. The largest absolute Gasteiger partial charge is 0.324 e. The van der Waals surface area contributed by atoms with Gasteiger partial charge < -0.3 is 5.73 Å². The molecule has 2 N–H and O–H groups in total. The maximum Gasteiger partial charge on any atom is 0.0301 e. The molecule has 1 atom stereocenters. The van der Waals surface area contributed by atoms with E-state index in [0.29, 0.717) is 0 Å². The summed E-state index contributed by atoms with van der Waals surface area (Å²) in [6.45, 7) is 2.21. The molecule has 0 aliphatic carbocycles. The van der Waals surface area contributed by atoms with E-state index >= 15 is 0 Å². The summed E-state index contributed by atoms with van der Waals surface area (Å²) in [5.41, 5.74) is 7.72. The normalized spacial score (nSPS) is 12.9. The molecule has 0 aromatic heterocycles. The molecule has 3 rings (SSSR count). The summed E-state index contributed by atoms with van der Waals surface area (Å²) >= 11 is 0. The molecule has 102 valence electrons. The number of benzene rings is 3. The second-order valence-corrected chi connectivity index (χ2v) is 5.48. The predicted molar refractivity (Wildman–Crippen MR) is 87.9 cm³/mol. The lowest BCUT2D eigenvalue weighted by Crippen LogP contribution is -2.10. The number of fused-ring (bicyclic) bond motifs is 3. The van der Waals surface area contributed by atoms with E-state index < -0.39 is 0 Å². The van der Waals surface area contributed by atoms with E-state index in [1.54, 1.807) is 0 Å². The number of hydrogen-bond donors (Lipinski definition) is 1. The van der Waals surface area contributed by atoms with Crippen LogP contribution in [-0.4, -0.2) is 0 Å². The molecule has 0 fully saturated rings. The third kappa shape index (κ3) is 2.30. The maximum absolute atomic E-state index is 6.44. The quantitative estimate of drug-likeness (QED) is 0.645. The standard InChI is InChI=1S/C19H21N/c1-2-3-12-19(20)18-13-14-8-4-5-9-15(14)16-10-6-7-11-17(16)18/h4-11,13,19H,2-3,12,20H2,1H3/t19-/m0/s1. The summed E-state index contributed by atoms with van der Waals surface area (Å²) < 4.78 is 0. The summed E-state index contributed by atoms with van der Waals surface area (Å²) in [6, 6.07) is 19.6. The van der Waals surface area contributed by atoms with Crippen molar-refractivity contribution in [3.05, 3.63) is 60.2 Å². The van der Waals surface area contributed by atoms with E-state index in [0.717, 1.165) is 6.42 Å². The lowest BCUT2D eigenvalue weighted by atomic mass is 9.92. The molecule has 1 nitrogen and oxygen atoms in total. The van der Waals surface area contributed by atoms with E-state index in [1.807, 2.05) is 0 Å². The van der Waals surface area contributed by atoms with Gasteiger partial charge in [-0.1, -0.05) is 68.3 Å². The van der Waals surface area contributed by atoms with E-state index in [4.69, 9.17) is 5.73 Å². The van der Waals surface area contributed by atoms with Crippen LogP contribution in [0.1, 0.15) is 37.8 Å². The minimum Gasteiger partial charge on any atom is -0.324 e. The molecule has 0 unspecified atom stereocenters. The Morgan fingerprint density at radius 1 is 0.900 bits per heavy atom. The molecule has 0 spiro atoms. The van der Waals surface area contributed by atoms with E-state index in [2.05, 4.69) is 61.5 Å². The van der Waals surface area contributed by atoms with Crippen molar-refractivity contribution < 1.29 is 0 Å². The van der Waals surface area contributed by atoms with Gasteiger partial charge in [-0.2, -0.15) is 0 Å². The summed E-state index contributed by atoms with van der Waals surface area (Å²) in [5, 5.41) is 5.21. The van der Waals surface area contributed by atoms with Crippen LogP contribution in [0.15, 0.2) is 54.6 Å². The Balaban J connectivity index is 2.23. The molecule has 20 heavy (non-hydrogen) atoms. The summed E-state index contributed by atoms with van der Waals surface area (Å²) in [6.07, 6.45) is 3.43. The SMILES string of the molecule is CCCC[C@H](N)c1cc2ccccc2c2ccccc12. The van der Waals surface area contributed by atoms with Crippen molar-refractivity contribution in [2.75, 3.05) is 0 Å². The fourth-order valence-electron chi connectivity index (χ4n) is 2.97. The zero-order valence-corrected chi connectivity index (χ0v) is 12.0. The second-order valence-electron chi connectivity index (χ2n) is 5.48. The molecule has 0 radical (unpaired) electrons. The monoisotopic (exact) mass is 263 g/mol. The van der Waals surface area contributed by atoms with Gasteiger partial charge in [0.15, 0.2) is 0 Å². The summed E-state index contributed by atoms with van der Waals surface area (Å²) in [4.78, 5) is 0. The minimum absolute atomic E-state index is 0.129. The van der Waals surface area contributed by atoms with Gasteiger partial charge in [-0.3, -0.25) is 0 Å². The highest BCUT2D eigenvalue weighted by Gasteiger charge is 2.11. The first-order valence-electron chi connectivity index (χ1n) is 7.47. The molecular weight excluding hydrogens is 242 g/mol. The van der Waals surface area contributed by atoms with E-state index in [9.17, 15) is 0 Å². The van der Waals surface area contributed by atoms with E-state index in [-0.39, 0.29) is 6.04 Å². The fraction of sp³-hybridized carbons (Fsp3) is 0.263. The van der Waals surface area contributed by atoms with Gasteiger partial charge in [0.25, 0.3) is 0 Å². The molecule has 0 aliphatic heterocycles. The molecule has 0 saturated carbocycles. The third-order valence-electron chi connectivity index (χ3n) is 4.07. The highest BCUT2D eigenvalue weighted by molar-refractivity contribution is 6.09. The van der Waals surface area contributed by atoms with Gasteiger partial charge in [0.2, 0.25) is 0 Å². The van der Waals surface area contributed by atoms with Gasteiger partial charge in [0.05, 0.1) is 0 Å². The lowest BCUT2D eigenvalue weighted by Gasteiger charge is -2.16. The Bertz CT molecular complexity index is 730. The first-order chi connectivity index (χ1) is 9.81. The van der Waals surface area contributed by atoms with E-state index in [1.165, 1.54) is 39.9 Å². The average Bonchev–Trinajstić information content (AvgIpc) is 2.52. The smallest absolute Gasteiger partial charge is 0.0301 e. The number of unbranched alkanes of at least 4 members (excludes halogenated alkanes) is 1. The van der Waals surface area contributed by atoms with Gasteiger partial charge in [-0.25, -0.2) is 0 Å². The zero-order chi connectivity index (χ0) is 13.9. The molecule has 0 heterocycles. The van der Waals surface area contributed by atoms with Crippen LogP contribution in [0.4, 0.5) is 0 Å². The maximum atomic E-state index is 6.44. The number of rotatable bonds is 4. The second kappa shape index (κ2) is 5.64. The predicted octanol–water partition coefficient (Wildman–Crippen LogP) is 5.18.